The van der Waals surface area contributed by atoms with E-state index in [1.165, 1.54) is 122 Å². The zero-order valence-electron chi connectivity index (χ0n) is 31.0. The molecule has 1 aliphatic rings. The average molecular weight is 665 g/mol. The molecule has 1 saturated heterocycles. The second-order valence-corrected chi connectivity index (χ2v) is 14.1. The number of aliphatic hydroxyl groups is 1. The van der Waals surface area contributed by atoms with Crippen molar-refractivity contribution in [3.05, 3.63) is 12.2 Å². The maximum absolute atomic E-state index is 12.2. The molecular formula is C41H76O6. The molecule has 0 spiro atoms. The zero-order chi connectivity index (χ0) is 34.0. The molecule has 0 aromatic carbocycles. The smallest absolute Gasteiger partial charge is 0.306 e. The minimum absolute atomic E-state index is 0.0695. The molecule has 0 bridgehead atoms. The standard InChI is InChI=1S/C41H76O6/c1-3-5-7-8-9-10-11-12-13-14-15-16-17-18-22-25-29-33-40(43)45-36-37(35-42)46-41(44)34-30-26-23-20-19-21-24-28-32-39-38(47-39)31-27-6-4-2/h24,28,37-39,42H,3-23,25-27,29-36H2,1-2H3/b28-24-/t37-,38?,39?/m0/s1. The summed E-state index contributed by atoms with van der Waals surface area (Å²) in [5.41, 5.74) is 0. The van der Waals surface area contributed by atoms with Gasteiger partial charge in [0.25, 0.3) is 0 Å². The summed E-state index contributed by atoms with van der Waals surface area (Å²) in [5.74, 6) is -0.603. The number of carbonyl (C=O) groups excluding carboxylic acids is 2. The quantitative estimate of drug-likeness (QED) is 0.0310. The Balaban J connectivity index is 1.85. The van der Waals surface area contributed by atoms with E-state index in [1.54, 1.807) is 0 Å². The number of aliphatic hydroxyl groups excluding tert-OH is 1. The van der Waals surface area contributed by atoms with E-state index in [0.717, 1.165) is 57.8 Å². The van der Waals surface area contributed by atoms with Gasteiger partial charge in [0, 0.05) is 12.8 Å². The van der Waals surface area contributed by atoms with Gasteiger partial charge in [-0.15, -0.1) is 0 Å². The molecule has 276 valence electrons. The van der Waals surface area contributed by atoms with Crippen LogP contribution in [0.1, 0.15) is 206 Å². The monoisotopic (exact) mass is 665 g/mol. The van der Waals surface area contributed by atoms with E-state index in [1.807, 2.05) is 0 Å². The lowest BCUT2D eigenvalue weighted by Gasteiger charge is -2.15. The lowest BCUT2D eigenvalue weighted by atomic mass is 10.0. The van der Waals surface area contributed by atoms with Crippen molar-refractivity contribution in [1.82, 2.24) is 0 Å². The third kappa shape index (κ3) is 29.3. The van der Waals surface area contributed by atoms with Crippen LogP contribution in [0.2, 0.25) is 0 Å². The average Bonchev–Trinajstić information content (AvgIpc) is 3.83. The first-order chi connectivity index (χ1) is 23.1. The van der Waals surface area contributed by atoms with Gasteiger partial charge in [0.15, 0.2) is 6.10 Å². The predicted octanol–water partition coefficient (Wildman–Crippen LogP) is 11.5. The summed E-state index contributed by atoms with van der Waals surface area (Å²) in [5, 5.41) is 9.56. The van der Waals surface area contributed by atoms with E-state index in [4.69, 9.17) is 14.2 Å². The fourth-order valence-corrected chi connectivity index (χ4v) is 6.27. The van der Waals surface area contributed by atoms with Crippen LogP contribution >= 0.6 is 0 Å². The van der Waals surface area contributed by atoms with Gasteiger partial charge in [-0.25, -0.2) is 0 Å². The fraction of sp³-hybridized carbons (Fsp3) is 0.902. The highest BCUT2D eigenvalue weighted by Crippen LogP contribution is 2.30. The van der Waals surface area contributed by atoms with Crippen LogP contribution in [0.25, 0.3) is 0 Å². The van der Waals surface area contributed by atoms with Gasteiger partial charge in [0.05, 0.1) is 18.8 Å². The van der Waals surface area contributed by atoms with Gasteiger partial charge in [-0.1, -0.05) is 167 Å². The Morgan fingerprint density at radius 2 is 1.06 bits per heavy atom. The molecule has 47 heavy (non-hydrogen) atoms. The molecule has 1 fully saturated rings. The summed E-state index contributed by atoms with van der Waals surface area (Å²) in [6, 6.07) is 0. The molecule has 0 radical (unpaired) electrons. The fourth-order valence-electron chi connectivity index (χ4n) is 6.27. The Labute approximate surface area is 290 Å². The van der Waals surface area contributed by atoms with Crippen LogP contribution in [0, 0.1) is 0 Å². The molecule has 6 nitrogen and oxygen atoms in total. The van der Waals surface area contributed by atoms with Crippen LogP contribution in [0.3, 0.4) is 0 Å². The molecule has 1 aliphatic heterocycles. The van der Waals surface area contributed by atoms with E-state index in [2.05, 4.69) is 26.0 Å². The predicted molar refractivity (Wildman–Crippen MR) is 196 cm³/mol. The molecule has 1 N–H and O–H groups in total. The van der Waals surface area contributed by atoms with E-state index in [0.29, 0.717) is 25.0 Å². The van der Waals surface area contributed by atoms with E-state index in [-0.39, 0.29) is 25.2 Å². The van der Waals surface area contributed by atoms with Crippen molar-refractivity contribution in [2.24, 2.45) is 0 Å². The lowest BCUT2D eigenvalue weighted by Crippen LogP contribution is -2.28. The lowest BCUT2D eigenvalue weighted by molar-refractivity contribution is -0.161. The number of ether oxygens (including phenoxy) is 3. The van der Waals surface area contributed by atoms with Gasteiger partial charge in [0.2, 0.25) is 0 Å². The van der Waals surface area contributed by atoms with E-state index < -0.39 is 6.10 Å². The Morgan fingerprint density at radius 3 is 1.60 bits per heavy atom. The number of hydrogen-bond donors (Lipinski definition) is 1. The molecule has 0 aliphatic carbocycles. The van der Waals surface area contributed by atoms with Crippen molar-refractivity contribution in [2.45, 2.75) is 225 Å². The van der Waals surface area contributed by atoms with Crippen molar-refractivity contribution in [3.8, 4) is 0 Å². The number of epoxide rings is 1. The first kappa shape index (κ1) is 43.6. The number of esters is 2. The third-order valence-corrected chi connectivity index (χ3v) is 9.48. The SMILES string of the molecule is CCCCCCCCCCCCCCCCCCCC(=O)OC[C@H](CO)OC(=O)CCCCCCC/C=C\CC1OC1CCCCC. The highest BCUT2D eigenvalue weighted by atomic mass is 16.6. The van der Waals surface area contributed by atoms with Gasteiger partial charge in [-0.2, -0.15) is 0 Å². The van der Waals surface area contributed by atoms with Crippen molar-refractivity contribution in [1.29, 1.82) is 0 Å². The van der Waals surface area contributed by atoms with Gasteiger partial charge in [-0.05, 0) is 38.5 Å². The first-order valence-electron chi connectivity index (χ1n) is 20.4. The number of hydrogen-bond acceptors (Lipinski definition) is 6. The normalized spacial score (nSPS) is 16.5. The second-order valence-electron chi connectivity index (χ2n) is 14.1. The molecule has 0 saturated carbocycles. The molecular weight excluding hydrogens is 588 g/mol. The van der Waals surface area contributed by atoms with Crippen LogP contribution in [-0.4, -0.2) is 48.6 Å². The minimum atomic E-state index is -0.776. The summed E-state index contributed by atoms with van der Waals surface area (Å²) in [6.45, 7) is 4.11. The number of carbonyl (C=O) groups is 2. The molecule has 2 unspecified atom stereocenters. The van der Waals surface area contributed by atoms with Crippen molar-refractivity contribution in [2.75, 3.05) is 13.2 Å². The maximum atomic E-state index is 12.2. The molecule has 1 rings (SSSR count). The van der Waals surface area contributed by atoms with Gasteiger partial charge < -0.3 is 19.3 Å². The molecule has 6 heteroatoms. The summed E-state index contributed by atoms with van der Waals surface area (Å²) in [7, 11) is 0. The molecule has 0 aromatic heterocycles. The van der Waals surface area contributed by atoms with Gasteiger partial charge in [0.1, 0.15) is 6.61 Å². The molecule has 1 heterocycles. The Hall–Kier alpha value is -1.40. The Morgan fingerprint density at radius 1 is 0.596 bits per heavy atom. The topological polar surface area (TPSA) is 85.4 Å². The Bertz CT molecular complexity index is 737. The summed E-state index contributed by atoms with van der Waals surface area (Å²) in [4.78, 5) is 24.3. The minimum Gasteiger partial charge on any atom is -0.462 e. The number of unbranched alkanes of at least 4 members (excludes halogenated alkanes) is 23. The third-order valence-electron chi connectivity index (χ3n) is 9.48. The second kappa shape index (κ2) is 33.1. The number of allylic oxidation sites excluding steroid dienone is 1. The summed E-state index contributed by atoms with van der Waals surface area (Å²) in [6.07, 6.45) is 40.1. The largest absolute Gasteiger partial charge is 0.462 e. The van der Waals surface area contributed by atoms with Crippen LogP contribution in [-0.2, 0) is 23.8 Å². The zero-order valence-corrected chi connectivity index (χ0v) is 31.0. The van der Waals surface area contributed by atoms with Crippen LogP contribution in [0.4, 0.5) is 0 Å². The maximum Gasteiger partial charge on any atom is 0.306 e. The highest BCUT2D eigenvalue weighted by molar-refractivity contribution is 5.70. The van der Waals surface area contributed by atoms with Crippen LogP contribution in [0.15, 0.2) is 12.2 Å². The molecule has 3 atom stereocenters. The van der Waals surface area contributed by atoms with Crippen molar-refractivity contribution in [3.63, 3.8) is 0 Å². The van der Waals surface area contributed by atoms with E-state index in [9.17, 15) is 14.7 Å². The Kier molecular flexibility index (Phi) is 30.7. The molecule has 0 amide bonds. The van der Waals surface area contributed by atoms with Crippen molar-refractivity contribution >= 4 is 11.9 Å². The molecule has 0 aromatic rings. The van der Waals surface area contributed by atoms with Crippen molar-refractivity contribution < 1.29 is 28.9 Å². The summed E-state index contributed by atoms with van der Waals surface area (Å²) < 4.78 is 16.3. The number of rotatable bonds is 36. The van der Waals surface area contributed by atoms with Gasteiger partial charge >= 0.3 is 11.9 Å². The van der Waals surface area contributed by atoms with Crippen LogP contribution in [0.5, 0.6) is 0 Å². The highest BCUT2D eigenvalue weighted by Gasteiger charge is 2.36. The van der Waals surface area contributed by atoms with Crippen LogP contribution < -0.4 is 0 Å². The summed E-state index contributed by atoms with van der Waals surface area (Å²) >= 11 is 0. The first-order valence-corrected chi connectivity index (χ1v) is 20.4. The van der Waals surface area contributed by atoms with Gasteiger partial charge in [-0.3, -0.25) is 9.59 Å². The van der Waals surface area contributed by atoms with E-state index >= 15 is 0 Å².